The molecule has 7 nitrogen and oxygen atoms in total. The largest absolute Gasteiger partial charge is 0.497 e. The van der Waals surface area contributed by atoms with E-state index in [1.165, 1.54) is 23.5 Å². The number of rotatable bonds is 12. The van der Waals surface area contributed by atoms with E-state index in [-0.39, 0.29) is 35.7 Å². The first-order chi connectivity index (χ1) is 18.0. The number of likely N-dealkylation sites (N-methyl/N-ethyl adjacent to an activating group) is 1. The number of carbonyl (C=O) groups is 1. The molecule has 1 amide bonds. The molecule has 0 aromatic heterocycles. The van der Waals surface area contributed by atoms with E-state index in [9.17, 15) is 18.3 Å². The van der Waals surface area contributed by atoms with E-state index >= 15 is 0 Å². The molecule has 3 rings (SSSR count). The van der Waals surface area contributed by atoms with Gasteiger partial charge in [0.05, 0.1) is 23.6 Å². The molecule has 2 atom stereocenters. The second-order valence-corrected chi connectivity index (χ2v) is 12.8. The van der Waals surface area contributed by atoms with Crippen LogP contribution in [0, 0.1) is 11.8 Å². The second-order valence-electron chi connectivity index (χ2n) is 10.8. The molecule has 1 aliphatic carbocycles. The SMILES string of the molecule is CCN(C(=O)C1CCCCC1)[C@@](C)(c1ccccc1)[C@H](O)CN(CC(C)C)S(=O)(=O)c1ccc(OC)cc1. The van der Waals surface area contributed by atoms with Gasteiger partial charge in [-0.05, 0) is 62.4 Å². The Bertz CT molecular complexity index is 1130. The lowest BCUT2D eigenvalue weighted by atomic mass is 9.81. The Balaban J connectivity index is 2.02. The van der Waals surface area contributed by atoms with Crippen molar-refractivity contribution in [2.75, 3.05) is 26.7 Å². The van der Waals surface area contributed by atoms with Crippen molar-refractivity contribution in [1.82, 2.24) is 9.21 Å². The number of aliphatic hydroxyl groups excluding tert-OH is 1. The summed E-state index contributed by atoms with van der Waals surface area (Å²) in [4.78, 5) is 15.8. The summed E-state index contributed by atoms with van der Waals surface area (Å²) >= 11 is 0. The molecule has 0 heterocycles. The first kappa shape index (κ1) is 30.1. The number of carbonyl (C=O) groups excluding carboxylic acids is 1. The zero-order chi connectivity index (χ0) is 27.9. The number of aliphatic hydroxyl groups is 1. The Morgan fingerprint density at radius 3 is 2.16 bits per heavy atom. The van der Waals surface area contributed by atoms with E-state index in [2.05, 4.69) is 0 Å². The van der Waals surface area contributed by atoms with Gasteiger partial charge in [0.2, 0.25) is 15.9 Å². The van der Waals surface area contributed by atoms with Crippen molar-refractivity contribution < 1.29 is 23.1 Å². The topological polar surface area (TPSA) is 87.2 Å². The maximum Gasteiger partial charge on any atom is 0.243 e. The maximum absolute atomic E-state index is 13.9. The molecular weight excluding hydrogens is 500 g/mol. The third kappa shape index (κ3) is 6.58. The van der Waals surface area contributed by atoms with Crippen molar-refractivity contribution in [3.63, 3.8) is 0 Å². The Morgan fingerprint density at radius 2 is 1.63 bits per heavy atom. The highest BCUT2D eigenvalue weighted by Gasteiger charge is 2.46. The van der Waals surface area contributed by atoms with Crippen molar-refractivity contribution in [1.29, 1.82) is 0 Å². The van der Waals surface area contributed by atoms with Gasteiger partial charge >= 0.3 is 0 Å². The Kier molecular flexibility index (Phi) is 10.4. The molecule has 1 N–H and O–H groups in total. The Morgan fingerprint density at radius 1 is 1.03 bits per heavy atom. The molecule has 0 spiro atoms. The molecule has 2 aromatic rings. The number of methoxy groups -OCH3 is 1. The third-order valence-corrected chi connectivity index (χ3v) is 9.59. The molecular formula is C30H44N2O5S. The van der Waals surface area contributed by atoms with Crippen LogP contribution in [0.1, 0.15) is 65.4 Å². The zero-order valence-corrected chi connectivity index (χ0v) is 24.3. The van der Waals surface area contributed by atoms with E-state index in [0.717, 1.165) is 37.7 Å². The van der Waals surface area contributed by atoms with Crippen LogP contribution in [0.25, 0.3) is 0 Å². The molecule has 8 heteroatoms. The standard InChI is InChI=1S/C30H44N2O5S/c1-6-32(29(34)24-13-9-7-10-14-24)30(4,25-15-11-8-12-16-25)28(33)22-31(21-23(2)3)38(35,36)27-19-17-26(37-5)18-20-27/h8,11-12,15-20,23-24,28,33H,6-7,9-10,13-14,21-22H2,1-5H3/t28-,30+/m1/s1. The molecule has 0 saturated heterocycles. The lowest BCUT2D eigenvalue weighted by molar-refractivity contribution is -0.149. The fourth-order valence-corrected chi connectivity index (χ4v) is 7.14. The number of nitrogens with zero attached hydrogens (tertiary/aromatic N) is 2. The van der Waals surface area contributed by atoms with E-state index in [1.54, 1.807) is 17.0 Å². The van der Waals surface area contributed by atoms with Crippen LogP contribution >= 0.6 is 0 Å². The smallest absolute Gasteiger partial charge is 0.243 e. The molecule has 0 bridgehead atoms. The number of benzene rings is 2. The maximum atomic E-state index is 13.9. The summed E-state index contributed by atoms with van der Waals surface area (Å²) in [5.41, 5.74) is -0.334. The highest BCUT2D eigenvalue weighted by molar-refractivity contribution is 7.89. The Labute approximate surface area is 228 Å². The van der Waals surface area contributed by atoms with E-state index in [0.29, 0.717) is 12.3 Å². The molecule has 1 saturated carbocycles. The minimum absolute atomic E-state index is 0.0318. The molecule has 210 valence electrons. The quantitative estimate of drug-likeness (QED) is 0.404. The molecule has 1 fully saturated rings. The average molecular weight is 545 g/mol. The van der Waals surface area contributed by atoms with Gasteiger partial charge in [-0.25, -0.2) is 8.42 Å². The molecule has 2 aromatic carbocycles. The summed E-state index contributed by atoms with van der Waals surface area (Å²) in [6.45, 7) is 8.19. The van der Waals surface area contributed by atoms with Gasteiger partial charge in [0.25, 0.3) is 0 Å². The fraction of sp³-hybridized carbons (Fsp3) is 0.567. The monoisotopic (exact) mass is 544 g/mol. The van der Waals surface area contributed by atoms with Crippen LogP contribution in [0.4, 0.5) is 0 Å². The van der Waals surface area contributed by atoms with Crippen LogP contribution in [0.3, 0.4) is 0 Å². The molecule has 38 heavy (non-hydrogen) atoms. The highest BCUT2D eigenvalue weighted by atomic mass is 32.2. The number of sulfonamides is 1. The predicted molar refractivity (Wildman–Crippen MR) is 150 cm³/mol. The van der Waals surface area contributed by atoms with Crippen LogP contribution in [-0.2, 0) is 20.4 Å². The first-order valence-corrected chi connectivity index (χ1v) is 15.2. The molecule has 0 aliphatic heterocycles. The minimum Gasteiger partial charge on any atom is -0.497 e. The Hall–Kier alpha value is -2.42. The highest BCUT2D eigenvalue weighted by Crippen LogP contribution is 2.37. The minimum atomic E-state index is -3.92. The lowest BCUT2D eigenvalue weighted by Gasteiger charge is -2.47. The van der Waals surface area contributed by atoms with Gasteiger partial charge in [-0.15, -0.1) is 0 Å². The molecule has 1 aliphatic rings. The van der Waals surface area contributed by atoms with Crippen LogP contribution in [-0.4, -0.2) is 61.5 Å². The zero-order valence-electron chi connectivity index (χ0n) is 23.5. The summed E-state index contributed by atoms with van der Waals surface area (Å²) in [6.07, 6.45) is 3.73. The van der Waals surface area contributed by atoms with Crippen molar-refractivity contribution >= 4 is 15.9 Å². The van der Waals surface area contributed by atoms with Gasteiger partial charge in [0, 0.05) is 25.6 Å². The van der Waals surface area contributed by atoms with Crippen molar-refractivity contribution in [2.24, 2.45) is 11.8 Å². The first-order valence-electron chi connectivity index (χ1n) is 13.7. The number of hydrogen-bond acceptors (Lipinski definition) is 5. The summed E-state index contributed by atoms with van der Waals surface area (Å²) in [6, 6.07) is 15.8. The van der Waals surface area contributed by atoms with Crippen LogP contribution < -0.4 is 4.74 Å². The van der Waals surface area contributed by atoms with Crippen LogP contribution in [0.2, 0.25) is 0 Å². The number of ether oxygens (including phenoxy) is 1. The number of amides is 1. The van der Waals surface area contributed by atoms with Gasteiger partial charge < -0.3 is 14.7 Å². The van der Waals surface area contributed by atoms with Gasteiger partial charge in [-0.3, -0.25) is 4.79 Å². The van der Waals surface area contributed by atoms with Gasteiger partial charge in [0.1, 0.15) is 5.75 Å². The van der Waals surface area contributed by atoms with Crippen molar-refractivity contribution in [2.45, 2.75) is 76.3 Å². The lowest BCUT2D eigenvalue weighted by Crippen LogP contribution is -2.59. The van der Waals surface area contributed by atoms with Gasteiger partial charge in [-0.1, -0.05) is 63.4 Å². The summed E-state index contributed by atoms with van der Waals surface area (Å²) < 4.78 is 34.1. The summed E-state index contributed by atoms with van der Waals surface area (Å²) in [5.74, 6) is 0.556. The van der Waals surface area contributed by atoms with Gasteiger partial charge in [0.15, 0.2) is 0 Å². The average Bonchev–Trinajstić information content (AvgIpc) is 2.93. The fourth-order valence-electron chi connectivity index (χ4n) is 5.53. The van der Waals surface area contributed by atoms with Gasteiger partial charge in [-0.2, -0.15) is 4.31 Å². The number of hydrogen-bond donors (Lipinski definition) is 1. The van der Waals surface area contributed by atoms with Crippen molar-refractivity contribution in [3.8, 4) is 5.75 Å². The normalized spacial score (nSPS) is 17.3. The summed E-state index contributed by atoms with van der Waals surface area (Å²) in [7, 11) is -2.39. The third-order valence-electron chi connectivity index (χ3n) is 7.75. The van der Waals surface area contributed by atoms with E-state index in [1.807, 2.05) is 58.0 Å². The predicted octanol–water partition coefficient (Wildman–Crippen LogP) is 5.05. The van der Waals surface area contributed by atoms with Crippen LogP contribution in [0.5, 0.6) is 5.75 Å². The summed E-state index contributed by atoms with van der Waals surface area (Å²) in [5, 5.41) is 11.9. The second kappa shape index (κ2) is 13.1. The van der Waals surface area contributed by atoms with E-state index < -0.39 is 21.7 Å². The van der Waals surface area contributed by atoms with Crippen LogP contribution in [0.15, 0.2) is 59.5 Å². The van der Waals surface area contributed by atoms with E-state index in [4.69, 9.17) is 4.74 Å². The van der Waals surface area contributed by atoms with Crippen molar-refractivity contribution in [3.05, 3.63) is 60.2 Å². The molecule has 0 unspecified atom stereocenters. The molecule has 0 radical (unpaired) electrons.